The van der Waals surface area contributed by atoms with Gasteiger partial charge in [0, 0.05) is 17.6 Å². The number of carbonyl (C=O) groups excluding carboxylic acids is 2. The maximum atomic E-state index is 13.0. The molecule has 0 spiro atoms. The van der Waals surface area contributed by atoms with Crippen LogP contribution in [0.5, 0.6) is 0 Å². The van der Waals surface area contributed by atoms with Crippen molar-refractivity contribution in [3.8, 4) is 11.3 Å². The van der Waals surface area contributed by atoms with Crippen molar-refractivity contribution in [1.29, 1.82) is 0 Å². The van der Waals surface area contributed by atoms with E-state index in [1.54, 1.807) is 4.68 Å². The molecule has 132 valence electrons. The second kappa shape index (κ2) is 6.23. The molecule has 3 rings (SSSR count). The lowest BCUT2D eigenvalue weighted by molar-refractivity contribution is 0.0916. The van der Waals surface area contributed by atoms with Crippen molar-refractivity contribution < 1.29 is 9.59 Å². The Kier molecular flexibility index (Phi) is 4.24. The van der Waals surface area contributed by atoms with Crippen molar-refractivity contribution in [1.82, 2.24) is 20.0 Å². The fourth-order valence-electron chi connectivity index (χ4n) is 2.95. The van der Waals surface area contributed by atoms with Crippen LogP contribution in [0.25, 0.3) is 11.3 Å². The molecule has 3 N–H and O–H groups in total. The van der Waals surface area contributed by atoms with Gasteiger partial charge in [0.1, 0.15) is 5.69 Å². The van der Waals surface area contributed by atoms with Crippen LogP contribution in [0.15, 0.2) is 30.3 Å². The van der Waals surface area contributed by atoms with Gasteiger partial charge in [-0.1, -0.05) is 30.3 Å². The number of amides is 3. The molecule has 1 aromatic heterocycles. The van der Waals surface area contributed by atoms with Crippen molar-refractivity contribution in [2.45, 2.75) is 39.4 Å². The van der Waals surface area contributed by atoms with Gasteiger partial charge in [-0.2, -0.15) is 5.10 Å². The number of nitrogens with one attached hydrogen (secondary N) is 1. The molecule has 0 unspecified atom stereocenters. The van der Waals surface area contributed by atoms with E-state index in [9.17, 15) is 9.59 Å². The molecule has 0 atom stereocenters. The molecule has 0 radical (unpaired) electrons. The summed E-state index contributed by atoms with van der Waals surface area (Å²) in [5.74, 6) is -0.195. The SMILES string of the molecule is CC(C)(C)NC(=O)c1c(-c2ccccc2)nn2c1CN(C(N)=O)CC2. The molecule has 0 saturated heterocycles. The van der Waals surface area contributed by atoms with Gasteiger partial charge in [-0.3, -0.25) is 9.48 Å². The number of carbonyl (C=O) groups is 2. The van der Waals surface area contributed by atoms with Crippen LogP contribution in [0.1, 0.15) is 36.8 Å². The lowest BCUT2D eigenvalue weighted by Crippen LogP contribution is -2.44. The smallest absolute Gasteiger partial charge is 0.315 e. The predicted molar refractivity (Wildman–Crippen MR) is 94.9 cm³/mol. The molecule has 2 heterocycles. The molecule has 0 fully saturated rings. The van der Waals surface area contributed by atoms with E-state index in [1.165, 1.54) is 4.90 Å². The van der Waals surface area contributed by atoms with Gasteiger partial charge in [-0.15, -0.1) is 0 Å². The van der Waals surface area contributed by atoms with E-state index in [0.717, 1.165) is 5.56 Å². The number of aromatic nitrogens is 2. The van der Waals surface area contributed by atoms with Crippen LogP contribution in [-0.2, 0) is 13.1 Å². The molecule has 1 aromatic carbocycles. The van der Waals surface area contributed by atoms with Crippen molar-refractivity contribution in [2.24, 2.45) is 5.73 Å². The molecule has 7 heteroatoms. The lowest BCUT2D eigenvalue weighted by atomic mass is 10.0. The van der Waals surface area contributed by atoms with Crippen LogP contribution in [0.3, 0.4) is 0 Å². The second-order valence-corrected chi connectivity index (χ2v) is 7.22. The summed E-state index contributed by atoms with van der Waals surface area (Å²) in [4.78, 5) is 26.1. The molecule has 0 saturated carbocycles. The van der Waals surface area contributed by atoms with Gasteiger partial charge in [-0.05, 0) is 20.8 Å². The number of nitrogens with two attached hydrogens (primary N) is 1. The third-order valence-corrected chi connectivity index (χ3v) is 4.05. The van der Waals surface area contributed by atoms with Gasteiger partial charge >= 0.3 is 6.03 Å². The van der Waals surface area contributed by atoms with E-state index in [1.807, 2.05) is 51.1 Å². The number of hydrogen-bond acceptors (Lipinski definition) is 3. The Balaban J connectivity index is 2.10. The third kappa shape index (κ3) is 3.50. The monoisotopic (exact) mass is 341 g/mol. The van der Waals surface area contributed by atoms with Gasteiger partial charge in [0.05, 0.1) is 24.3 Å². The number of primary amides is 1. The third-order valence-electron chi connectivity index (χ3n) is 4.05. The Hall–Kier alpha value is -2.83. The highest BCUT2D eigenvalue weighted by Crippen LogP contribution is 2.28. The normalized spacial score (nSPS) is 14.1. The first-order valence-corrected chi connectivity index (χ1v) is 8.28. The molecule has 1 aliphatic rings. The largest absolute Gasteiger partial charge is 0.351 e. The first kappa shape index (κ1) is 17.0. The highest BCUT2D eigenvalue weighted by molar-refractivity contribution is 6.01. The minimum Gasteiger partial charge on any atom is -0.351 e. The maximum Gasteiger partial charge on any atom is 0.315 e. The predicted octanol–water partition coefficient (Wildman–Crippen LogP) is 1.97. The summed E-state index contributed by atoms with van der Waals surface area (Å²) in [5.41, 5.74) is 7.77. The average molecular weight is 341 g/mol. The number of fused-ring (bicyclic) bond motifs is 1. The summed E-state index contributed by atoms with van der Waals surface area (Å²) < 4.78 is 1.80. The van der Waals surface area contributed by atoms with E-state index in [-0.39, 0.29) is 18.0 Å². The van der Waals surface area contributed by atoms with Gasteiger partial charge < -0.3 is 16.0 Å². The molecule has 7 nitrogen and oxygen atoms in total. The second-order valence-electron chi connectivity index (χ2n) is 7.22. The summed E-state index contributed by atoms with van der Waals surface area (Å²) in [7, 11) is 0. The Morgan fingerprint density at radius 3 is 2.44 bits per heavy atom. The lowest BCUT2D eigenvalue weighted by Gasteiger charge is -2.27. The van der Waals surface area contributed by atoms with Gasteiger partial charge in [0.2, 0.25) is 0 Å². The summed E-state index contributed by atoms with van der Waals surface area (Å²) in [5, 5.41) is 7.64. The Morgan fingerprint density at radius 2 is 1.84 bits per heavy atom. The molecule has 1 aliphatic heterocycles. The molecular formula is C18H23N5O2. The quantitative estimate of drug-likeness (QED) is 0.874. The van der Waals surface area contributed by atoms with Crippen molar-refractivity contribution >= 4 is 11.9 Å². The zero-order valence-corrected chi connectivity index (χ0v) is 14.7. The maximum absolute atomic E-state index is 13.0. The minimum absolute atomic E-state index is 0.195. The Bertz CT molecular complexity index is 805. The van der Waals surface area contributed by atoms with E-state index in [4.69, 9.17) is 5.73 Å². The number of nitrogens with zero attached hydrogens (tertiary/aromatic N) is 3. The summed E-state index contributed by atoms with van der Waals surface area (Å²) in [6.07, 6.45) is 0. The van der Waals surface area contributed by atoms with Crippen molar-refractivity contribution in [2.75, 3.05) is 6.54 Å². The Labute approximate surface area is 146 Å². The fourth-order valence-corrected chi connectivity index (χ4v) is 2.95. The van der Waals surface area contributed by atoms with Crippen molar-refractivity contribution in [3.05, 3.63) is 41.6 Å². The fraction of sp³-hybridized carbons (Fsp3) is 0.389. The van der Waals surface area contributed by atoms with Gasteiger partial charge in [0.25, 0.3) is 5.91 Å². The van der Waals surface area contributed by atoms with Gasteiger partial charge in [-0.25, -0.2) is 4.79 Å². The first-order valence-electron chi connectivity index (χ1n) is 8.28. The van der Waals surface area contributed by atoms with E-state index in [0.29, 0.717) is 30.0 Å². The summed E-state index contributed by atoms with van der Waals surface area (Å²) in [6.45, 7) is 7.07. The van der Waals surface area contributed by atoms with Crippen molar-refractivity contribution in [3.63, 3.8) is 0 Å². The molecular weight excluding hydrogens is 318 g/mol. The topological polar surface area (TPSA) is 93.2 Å². The zero-order chi connectivity index (χ0) is 18.2. The number of urea groups is 1. The Morgan fingerprint density at radius 1 is 1.16 bits per heavy atom. The van der Waals surface area contributed by atoms with Crippen LogP contribution in [0.2, 0.25) is 0 Å². The molecule has 2 aromatic rings. The van der Waals surface area contributed by atoms with Crippen LogP contribution < -0.4 is 11.1 Å². The highest BCUT2D eigenvalue weighted by atomic mass is 16.2. The molecule has 0 bridgehead atoms. The molecule has 25 heavy (non-hydrogen) atoms. The van der Waals surface area contributed by atoms with Crippen LogP contribution in [-0.4, -0.2) is 38.7 Å². The molecule has 0 aliphatic carbocycles. The number of rotatable bonds is 2. The van der Waals surface area contributed by atoms with Gasteiger partial charge in [0.15, 0.2) is 0 Å². The standard InChI is InChI=1S/C18H23N5O2/c1-18(2,3)20-16(24)14-13-11-22(17(19)25)9-10-23(13)21-15(14)12-7-5-4-6-8-12/h4-8H,9-11H2,1-3H3,(H2,19,25)(H,20,24). The number of benzene rings is 1. The summed E-state index contributed by atoms with van der Waals surface area (Å²) in [6, 6.07) is 9.10. The number of hydrogen-bond donors (Lipinski definition) is 2. The van der Waals surface area contributed by atoms with Crippen LogP contribution >= 0.6 is 0 Å². The summed E-state index contributed by atoms with van der Waals surface area (Å²) >= 11 is 0. The van der Waals surface area contributed by atoms with Crippen LogP contribution in [0.4, 0.5) is 4.79 Å². The van der Waals surface area contributed by atoms with E-state index < -0.39 is 6.03 Å². The zero-order valence-electron chi connectivity index (χ0n) is 14.7. The van der Waals surface area contributed by atoms with E-state index in [2.05, 4.69) is 10.4 Å². The van der Waals surface area contributed by atoms with Crippen LogP contribution in [0, 0.1) is 0 Å². The molecule has 3 amide bonds. The van der Waals surface area contributed by atoms with E-state index >= 15 is 0 Å². The minimum atomic E-state index is -0.490. The first-order chi connectivity index (χ1) is 11.8. The highest BCUT2D eigenvalue weighted by Gasteiger charge is 2.31. The average Bonchev–Trinajstić information content (AvgIpc) is 2.92.